The summed E-state index contributed by atoms with van der Waals surface area (Å²) in [6.07, 6.45) is 3.37. The Hall–Kier alpha value is -1.44. The van der Waals surface area contributed by atoms with Gasteiger partial charge >= 0.3 is 0 Å². The minimum atomic E-state index is -0.285. The Bertz CT molecular complexity index is 407. The summed E-state index contributed by atoms with van der Waals surface area (Å²) in [4.78, 5) is 11.9. The van der Waals surface area contributed by atoms with Crippen LogP contribution in [0.2, 0.25) is 0 Å². The second kappa shape index (κ2) is 5.94. The number of aromatic nitrogens is 2. The maximum absolute atomic E-state index is 11.9. The van der Waals surface area contributed by atoms with Crippen molar-refractivity contribution >= 4 is 11.6 Å². The molecule has 0 spiro atoms. The number of anilines is 1. The van der Waals surface area contributed by atoms with E-state index in [1.54, 1.807) is 24.2 Å². The van der Waals surface area contributed by atoms with Gasteiger partial charge in [-0.3, -0.25) is 9.48 Å². The molecule has 0 saturated carbocycles. The molecular weight excluding hydrogens is 236 g/mol. The van der Waals surface area contributed by atoms with Crippen LogP contribution in [0.5, 0.6) is 0 Å². The highest BCUT2D eigenvalue weighted by atomic mass is 16.5. The Kier molecular flexibility index (Phi) is 4.29. The lowest BCUT2D eigenvalue weighted by Gasteiger charge is -2.11. The zero-order valence-electron chi connectivity index (χ0n) is 10.3. The summed E-state index contributed by atoms with van der Waals surface area (Å²) in [5.74, 6) is -0.404. The number of amides is 1. The fourth-order valence-electron chi connectivity index (χ4n) is 1.81. The lowest BCUT2D eigenvalue weighted by atomic mass is 10.0. The summed E-state index contributed by atoms with van der Waals surface area (Å²) in [7, 11) is 1.63. The van der Waals surface area contributed by atoms with E-state index >= 15 is 0 Å². The van der Waals surface area contributed by atoms with E-state index in [2.05, 4.69) is 10.4 Å². The van der Waals surface area contributed by atoms with Gasteiger partial charge in [0.2, 0.25) is 5.91 Å². The van der Waals surface area contributed by atoms with Crippen LogP contribution in [0.1, 0.15) is 0 Å². The number of methoxy groups -OCH3 is 1. The largest absolute Gasteiger partial charge is 0.383 e. The lowest BCUT2D eigenvalue weighted by molar-refractivity contribution is -0.120. The van der Waals surface area contributed by atoms with Crippen LogP contribution in [-0.4, -0.2) is 48.7 Å². The smallest absolute Gasteiger partial charge is 0.231 e. The number of nitrogens with zero attached hydrogens (tertiary/aromatic N) is 2. The van der Waals surface area contributed by atoms with Gasteiger partial charge in [-0.2, -0.15) is 5.10 Å². The Balaban J connectivity index is 1.88. The van der Waals surface area contributed by atoms with E-state index in [0.717, 1.165) is 0 Å². The second-order valence-corrected chi connectivity index (χ2v) is 4.28. The average molecular weight is 254 g/mol. The number of ether oxygens (including phenoxy) is 2. The van der Waals surface area contributed by atoms with Crippen LogP contribution in [-0.2, 0) is 20.8 Å². The van der Waals surface area contributed by atoms with Crippen LogP contribution in [0.15, 0.2) is 12.4 Å². The van der Waals surface area contributed by atoms with Crippen molar-refractivity contribution in [1.29, 1.82) is 0 Å². The SMILES string of the molecule is COCCn1cc(NC(=O)C2COCC2N)cn1. The Morgan fingerprint density at radius 1 is 1.72 bits per heavy atom. The van der Waals surface area contributed by atoms with Crippen molar-refractivity contribution in [1.82, 2.24) is 9.78 Å². The van der Waals surface area contributed by atoms with Gasteiger partial charge in [-0.25, -0.2) is 0 Å². The van der Waals surface area contributed by atoms with Gasteiger partial charge in [0.25, 0.3) is 0 Å². The van der Waals surface area contributed by atoms with Crippen LogP contribution in [0.4, 0.5) is 5.69 Å². The molecule has 2 heterocycles. The first-order valence-electron chi connectivity index (χ1n) is 5.86. The van der Waals surface area contributed by atoms with Gasteiger partial charge < -0.3 is 20.5 Å². The number of carbonyl (C=O) groups excluding carboxylic acids is 1. The summed E-state index contributed by atoms with van der Waals surface area (Å²) in [6, 6.07) is -0.228. The Labute approximate surface area is 105 Å². The van der Waals surface area contributed by atoms with E-state index in [9.17, 15) is 4.79 Å². The quantitative estimate of drug-likeness (QED) is 0.735. The first-order valence-corrected chi connectivity index (χ1v) is 5.86. The molecule has 1 aromatic heterocycles. The maximum Gasteiger partial charge on any atom is 0.231 e. The highest BCUT2D eigenvalue weighted by Crippen LogP contribution is 2.14. The average Bonchev–Trinajstić information content (AvgIpc) is 2.95. The fraction of sp³-hybridized carbons (Fsp3) is 0.636. The van der Waals surface area contributed by atoms with Crippen LogP contribution >= 0.6 is 0 Å². The van der Waals surface area contributed by atoms with E-state index in [0.29, 0.717) is 32.1 Å². The number of nitrogens with one attached hydrogen (secondary N) is 1. The van der Waals surface area contributed by atoms with Gasteiger partial charge in [0.1, 0.15) is 0 Å². The Morgan fingerprint density at radius 3 is 3.22 bits per heavy atom. The van der Waals surface area contributed by atoms with Gasteiger partial charge in [-0.1, -0.05) is 0 Å². The first-order chi connectivity index (χ1) is 8.70. The van der Waals surface area contributed by atoms with Gasteiger partial charge in [0, 0.05) is 19.3 Å². The molecule has 100 valence electrons. The van der Waals surface area contributed by atoms with Gasteiger partial charge in [-0.15, -0.1) is 0 Å². The van der Waals surface area contributed by atoms with Crippen molar-refractivity contribution in [2.24, 2.45) is 11.7 Å². The van der Waals surface area contributed by atoms with Crippen LogP contribution in [0, 0.1) is 5.92 Å². The zero-order valence-corrected chi connectivity index (χ0v) is 10.3. The molecule has 0 radical (unpaired) electrons. The molecular formula is C11H18N4O3. The third-order valence-corrected chi connectivity index (χ3v) is 2.89. The molecule has 1 fully saturated rings. The van der Waals surface area contributed by atoms with E-state index in [4.69, 9.17) is 15.2 Å². The number of carbonyl (C=O) groups is 1. The van der Waals surface area contributed by atoms with Crippen LogP contribution in [0.25, 0.3) is 0 Å². The van der Waals surface area contributed by atoms with Crippen molar-refractivity contribution in [2.75, 3.05) is 32.2 Å². The molecule has 1 aromatic rings. The molecule has 2 unspecified atom stereocenters. The number of hydrogen-bond acceptors (Lipinski definition) is 5. The summed E-state index contributed by atoms with van der Waals surface area (Å²) < 4.78 is 11.8. The predicted molar refractivity (Wildman–Crippen MR) is 65.0 cm³/mol. The van der Waals surface area contributed by atoms with Gasteiger partial charge in [0.05, 0.1) is 44.2 Å². The molecule has 0 aromatic carbocycles. The summed E-state index contributed by atoms with van der Waals surface area (Å²) >= 11 is 0. The molecule has 1 aliphatic heterocycles. The molecule has 18 heavy (non-hydrogen) atoms. The topological polar surface area (TPSA) is 91.4 Å². The summed E-state index contributed by atoms with van der Waals surface area (Å²) in [5.41, 5.74) is 6.44. The second-order valence-electron chi connectivity index (χ2n) is 4.28. The highest BCUT2D eigenvalue weighted by molar-refractivity contribution is 5.93. The molecule has 3 N–H and O–H groups in total. The van der Waals surface area contributed by atoms with E-state index < -0.39 is 0 Å². The minimum Gasteiger partial charge on any atom is -0.383 e. The normalized spacial score (nSPS) is 23.2. The molecule has 2 rings (SSSR count). The third-order valence-electron chi connectivity index (χ3n) is 2.89. The number of rotatable bonds is 5. The molecule has 1 amide bonds. The van der Waals surface area contributed by atoms with Crippen molar-refractivity contribution < 1.29 is 14.3 Å². The molecule has 2 atom stereocenters. The van der Waals surface area contributed by atoms with Gasteiger partial charge in [0.15, 0.2) is 0 Å². The van der Waals surface area contributed by atoms with Crippen molar-refractivity contribution in [3.05, 3.63) is 12.4 Å². The van der Waals surface area contributed by atoms with Crippen molar-refractivity contribution in [3.8, 4) is 0 Å². The molecule has 1 aliphatic rings. The van der Waals surface area contributed by atoms with E-state index in [1.165, 1.54) is 0 Å². The number of nitrogens with two attached hydrogens (primary N) is 1. The van der Waals surface area contributed by atoms with Crippen LogP contribution < -0.4 is 11.1 Å². The molecule has 7 nitrogen and oxygen atoms in total. The van der Waals surface area contributed by atoms with Crippen molar-refractivity contribution in [3.63, 3.8) is 0 Å². The molecule has 0 aliphatic carbocycles. The van der Waals surface area contributed by atoms with E-state index in [1.807, 2.05) is 0 Å². The third kappa shape index (κ3) is 3.06. The summed E-state index contributed by atoms with van der Waals surface area (Å²) in [5, 5.41) is 6.90. The molecule has 0 bridgehead atoms. The summed E-state index contributed by atoms with van der Waals surface area (Å²) in [6.45, 7) is 2.05. The fourth-order valence-corrected chi connectivity index (χ4v) is 1.81. The highest BCUT2D eigenvalue weighted by Gasteiger charge is 2.31. The predicted octanol–water partition coefficient (Wildman–Crippen LogP) is -0.558. The number of hydrogen-bond donors (Lipinski definition) is 2. The molecule has 1 saturated heterocycles. The Morgan fingerprint density at radius 2 is 2.56 bits per heavy atom. The monoisotopic (exact) mass is 254 g/mol. The first kappa shape index (κ1) is 13.0. The van der Waals surface area contributed by atoms with Gasteiger partial charge in [-0.05, 0) is 0 Å². The lowest BCUT2D eigenvalue weighted by Crippen LogP contribution is -2.37. The zero-order chi connectivity index (χ0) is 13.0. The maximum atomic E-state index is 11.9. The van der Waals surface area contributed by atoms with E-state index in [-0.39, 0.29) is 17.9 Å². The molecule has 7 heteroatoms. The minimum absolute atomic E-state index is 0.119. The standard InChI is InChI=1S/C11H18N4O3/c1-17-3-2-15-5-8(4-13-15)14-11(16)9-6-18-7-10(9)12/h4-5,9-10H,2-3,6-7,12H2,1H3,(H,14,16). The van der Waals surface area contributed by atoms with Crippen molar-refractivity contribution in [2.45, 2.75) is 12.6 Å². The van der Waals surface area contributed by atoms with Crippen LogP contribution in [0.3, 0.4) is 0 Å².